The van der Waals surface area contributed by atoms with Crippen LogP contribution in [0.4, 0.5) is 13.2 Å². The van der Waals surface area contributed by atoms with Crippen molar-refractivity contribution in [3.05, 3.63) is 24.2 Å². The summed E-state index contributed by atoms with van der Waals surface area (Å²) in [6.07, 6.45) is 3.19. The highest BCUT2D eigenvalue weighted by Crippen LogP contribution is 2.27. The van der Waals surface area contributed by atoms with Gasteiger partial charge in [-0.3, -0.25) is 0 Å². The van der Waals surface area contributed by atoms with Crippen LogP contribution < -0.4 is 0 Å². The van der Waals surface area contributed by atoms with Gasteiger partial charge in [0.15, 0.2) is 5.76 Å². The van der Waals surface area contributed by atoms with Crippen LogP contribution in [0.5, 0.6) is 0 Å². The number of ether oxygens (including phenoxy) is 1. The van der Waals surface area contributed by atoms with E-state index in [1.165, 1.54) is 6.08 Å². The van der Waals surface area contributed by atoms with Crippen LogP contribution in [0, 0.1) is 0 Å². The Bertz CT molecular complexity index is 365. The molecule has 80 valence electrons. The van der Waals surface area contributed by atoms with E-state index in [1.807, 2.05) is 0 Å². The van der Waals surface area contributed by atoms with E-state index < -0.39 is 21.4 Å². The normalized spacial score (nSPS) is 17.2. The van der Waals surface area contributed by atoms with Crippen molar-refractivity contribution in [1.82, 2.24) is 0 Å². The first kappa shape index (κ1) is 10.9. The Balaban J connectivity index is 2.79. The van der Waals surface area contributed by atoms with Crippen LogP contribution in [-0.4, -0.2) is 20.5 Å². The van der Waals surface area contributed by atoms with Crippen LogP contribution in [-0.2, 0) is 19.0 Å². The summed E-state index contributed by atoms with van der Waals surface area (Å²) in [7, 11) is -5.60. The Morgan fingerprint density at radius 1 is 1.43 bits per heavy atom. The molecule has 0 fully saturated rings. The van der Waals surface area contributed by atoms with Crippen molar-refractivity contribution in [1.29, 1.82) is 0 Å². The zero-order valence-electron chi connectivity index (χ0n) is 6.61. The van der Waals surface area contributed by atoms with Gasteiger partial charge in [-0.1, -0.05) is 0 Å². The van der Waals surface area contributed by atoms with Crippen molar-refractivity contribution >= 4 is 10.1 Å². The highest BCUT2D eigenvalue weighted by atomic mass is 32.2. The summed E-state index contributed by atoms with van der Waals surface area (Å²) in [6.45, 7) is 0.166. The summed E-state index contributed by atoms with van der Waals surface area (Å²) >= 11 is 0. The molecule has 4 nitrogen and oxygen atoms in total. The van der Waals surface area contributed by atoms with Gasteiger partial charge < -0.3 is 8.92 Å². The van der Waals surface area contributed by atoms with E-state index in [2.05, 4.69) is 8.92 Å². The Kier molecular flexibility index (Phi) is 2.74. The molecule has 0 bridgehead atoms. The lowest BCUT2D eigenvalue weighted by atomic mass is 10.4. The first-order valence-electron chi connectivity index (χ1n) is 3.32. The maximum atomic E-state index is 11.8. The van der Waals surface area contributed by atoms with Crippen molar-refractivity contribution in [2.24, 2.45) is 0 Å². The monoisotopic (exact) mass is 230 g/mol. The Morgan fingerprint density at radius 3 is 2.50 bits per heavy atom. The third-order valence-electron chi connectivity index (χ3n) is 1.16. The topological polar surface area (TPSA) is 52.6 Å². The Hall–Kier alpha value is -1.18. The lowest BCUT2D eigenvalue weighted by Crippen LogP contribution is -2.25. The van der Waals surface area contributed by atoms with Gasteiger partial charge in [-0.2, -0.15) is 21.6 Å². The first-order chi connectivity index (χ1) is 6.33. The third-order valence-corrected chi connectivity index (χ3v) is 2.14. The Morgan fingerprint density at radius 2 is 2.07 bits per heavy atom. The van der Waals surface area contributed by atoms with Gasteiger partial charge in [0.2, 0.25) is 0 Å². The fraction of sp³-hybridized carbons (Fsp3) is 0.333. The SMILES string of the molecule is O=S(=O)(OC1=COCC=C1)C(F)(F)F. The minimum absolute atomic E-state index is 0.166. The molecule has 8 heteroatoms. The van der Waals surface area contributed by atoms with Crippen molar-refractivity contribution in [2.75, 3.05) is 6.61 Å². The molecular formula is C6H5F3O4S. The van der Waals surface area contributed by atoms with Crippen LogP contribution in [0.2, 0.25) is 0 Å². The quantitative estimate of drug-likeness (QED) is 0.529. The zero-order valence-corrected chi connectivity index (χ0v) is 7.43. The van der Waals surface area contributed by atoms with E-state index in [0.717, 1.165) is 12.3 Å². The fourth-order valence-corrected chi connectivity index (χ4v) is 1.05. The van der Waals surface area contributed by atoms with Crippen molar-refractivity contribution in [3.63, 3.8) is 0 Å². The van der Waals surface area contributed by atoms with Crippen LogP contribution in [0.25, 0.3) is 0 Å². The molecule has 0 atom stereocenters. The van der Waals surface area contributed by atoms with Crippen LogP contribution >= 0.6 is 0 Å². The lowest BCUT2D eigenvalue weighted by Gasteiger charge is -2.11. The average Bonchev–Trinajstić information content (AvgIpc) is 2.03. The second kappa shape index (κ2) is 3.52. The first-order valence-corrected chi connectivity index (χ1v) is 4.73. The smallest absolute Gasteiger partial charge is 0.493 e. The molecule has 0 saturated carbocycles. The summed E-state index contributed by atoms with van der Waals surface area (Å²) < 4.78 is 64.5. The molecule has 1 heterocycles. The molecule has 0 aromatic heterocycles. The van der Waals surface area contributed by atoms with Crippen LogP contribution in [0.15, 0.2) is 24.2 Å². The van der Waals surface area contributed by atoms with Crippen LogP contribution in [0.3, 0.4) is 0 Å². The molecule has 1 rings (SSSR count). The standard InChI is InChI=1S/C6H5F3O4S/c7-6(8,9)14(10,11)13-5-2-1-3-12-4-5/h1-2,4H,3H2. The van der Waals surface area contributed by atoms with E-state index in [9.17, 15) is 21.6 Å². The van der Waals surface area contributed by atoms with Gasteiger partial charge in [0.1, 0.15) is 12.9 Å². The van der Waals surface area contributed by atoms with E-state index in [-0.39, 0.29) is 6.61 Å². The average molecular weight is 230 g/mol. The van der Waals surface area contributed by atoms with Gasteiger partial charge in [0.05, 0.1) is 0 Å². The van der Waals surface area contributed by atoms with Crippen molar-refractivity contribution in [3.8, 4) is 0 Å². The van der Waals surface area contributed by atoms with Gasteiger partial charge in [-0.25, -0.2) is 0 Å². The summed E-state index contributed by atoms with van der Waals surface area (Å²) in [5, 5.41) is 0. The molecule has 0 N–H and O–H groups in total. The molecule has 0 saturated heterocycles. The van der Waals surface area contributed by atoms with Gasteiger partial charge in [0, 0.05) is 0 Å². The maximum Gasteiger partial charge on any atom is 0.534 e. The lowest BCUT2D eigenvalue weighted by molar-refractivity contribution is -0.0521. The molecular weight excluding hydrogens is 225 g/mol. The highest BCUT2D eigenvalue weighted by molar-refractivity contribution is 7.87. The molecule has 0 radical (unpaired) electrons. The largest absolute Gasteiger partial charge is 0.534 e. The zero-order chi connectivity index (χ0) is 10.8. The number of halogens is 3. The van der Waals surface area contributed by atoms with E-state index >= 15 is 0 Å². The van der Waals surface area contributed by atoms with E-state index in [4.69, 9.17) is 0 Å². The molecule has 1 aliphatic heterocycles. The van der Waals surface area contributed by atoms with Crippen molar-refractivity contribution in [2.45, 2.75) is 5.51 Å². The minimum atomic E-state index is -5.60. The van der Waals surface area contributed by atoms with Gasteiger partial charge >= 0.3 is 15.6 Å². The number of alkyl halides is 3. The van der Waals surface area contributed by atoms with Crippen molar-refractivity contribution < 1.29 is 30.5 Å². The summed E-state index contributed by atoms with van der Waals surface area (Å²) in [6, 6.07) is 0. The molecule has 1 aliphatic rings. The molecule has 0 amide bonds. The predicted octanol–water partition coefficient (Wildman–Crippen LogP) is 1.28. The highest BCUT2D eigenvalue weighted by Gasteiger charge is 2.48. The summed E-state index contributed by atoms with van der Waals surface area (Å²) in [4.78, 5) is 0. The van der Waals surface area contributed by atoms with E-state index in [0.29, 0.717) is 0 Å². The second-order valence-electron chi connectivity index (χ2n) is 2.24. The predicted molar refractivity (Wildman–Crippen MR) is 39.2 cm³/mol. The number of hydrogen-bond donors (Lipinski definition) is 0. The molecule has 14 heavy (non-hydrogen) atoms. The number of hydrogen-bond acceptors (Lipinski definition) is 4. The molecule has 0 aromatic carbocycles. The summed E-state index contributed by atoms with van der Waals surface area (Å²) in [5.41, 5.74) is -5.43. The minimum Gasteiger partial charge on any atom is -0.493 e. The molecule has 0 spiro atoms. The van der Waals surface area contributed by atoms with Crippen LogP contribution in [0.1, 0.15) is 0 Å². The molecule has 0 unspecified atom stereocenters. The molecule has 0 aromatic rings. The third kappa shape index (κ3) is 2.41. The van der Waals surface area contributed by atoms with Gasteiger partial charge in [-0.15, -0.1) is 0 Å². The van der Waals surface area contributed by atoms with Gasteiger partial charge in [0.25, 0.3) is 0 Å². The van der Waals surface area contributed by atoms with E-state index in [1.54, 1.807) is 0 Å². The number of allylic oxidation sites excluding steroid dienone is 1. The van der Waals surface area contributed by atoms with Gasteiger partial charge in [-0.05, 0) is 12.2 Å². The number of rotatable bonds is 2. The maximum absolute atomic E-state index is 11.8. The second-order valence-corrected chi connectivity index (χ2v) is 3.78. The fourth-order valence-electron chi connectivity index (χ4n) is 0.611. The Labute approximate surface area is 77.7 Å². The molecule has 0 aliphatic carbocycles. The summed E-state index contributed by atoms with van der Waals surface area (Å²) in [5.74, 6) is -0.506.